The van der Waals surface area contributed by atoms with Crippen LogP contribution in [0.5, 0.6) is 0 Å². The Balaban J connectivity index is 2.02. The predicted molar refractivity (Wildman–Crippen MR) is 114 cm³/mol. The van der Waals surface area contributed by atoms with Crippen LogP contribution < -0.4 is 5.32 Å². The number of alkyl halides is 1. The van der Waals surface area contributed by atoms with Gasteiger partial charge in [0.2, 0.25) is 0 Å². The van der Waals surface area contributed by atoms with Crippen molar-refractivity contribution in [2.24, 2.45) is 10.2 Å². The number of azo groups is 1. The van der Waals surface area contributed by atoms with Gasteiger partial charge >= 0.3 is 0 Å². The van der Waals surface area contributed by atoms with Crippen LogP contribution in [0.1, 0.15) is 5.56 Å². The minimum Gasteiger partial charge on any atom is -0.376 e. The molecule has 0 saturated carbocycles. The van der Waals surface area contributed by atoms with Gasteiger partial charge in [-0.25, -0.2) is 0 Å². The number of benzene rings is 2. The van der Waals surface area contributed by atoms with Gasteiger partial charge in [0.15, 0.2) is 5.56 Å². The van der Waals surface area contributed by atoms with Gasteiger partial charge in [-0.05, 0) is 17.7 Å². The smallest absolute Gasteiger partial charge is 0.289 e. The molecule has 140 valence electrons. The molecule has 0 saturated heterocycles. The van der Waals surface area contributed by atoms with Crippen molar-refractivity contribution >= 4 is 48.6 Å². The molecule has 0 aliphatic heterocycles. The van der Waals surface area contributed by atoms with Crippen LogP contribution in [0, 0.1) is 21.4 Å². The quantitative estimate of drug-likeness (QED) is 0.192. The van der Waals surface area contributed by atoms with E-state index >= 15 is 0 Å². The first kappa shape index (κ1) is 19.7. The second kappa shape index (κ2) is 9.21. The third kappa shape index (κ3) is 4.42. The Bertz CT molecular complexity index is 1060. The molecule has 1 N–H and O–H groups in total. The van der Waals surface area contributed by atoms with E-state index in [-0.39, 0.29) is 16.9 Å². The lowest BCUT2D eigenvalue weighted by Gasteiger charge is -2.00. The maximum atomic E-state index is 11.1. The van der Waals surface area contributed by atoms with Crippen LogP contribution in [0.15, 0.2) is 64.8 Å². The van der Waals surface area contributed by atoms with E-state index in [1.165, 1.54) is 29.5 Å². The molecular weight excluding hydrogens is 442 g/mol. The number of nitro groups is 1. The Labute approximate surface area is 173 Å². The zero-order valence-electron chi connectivity index (χ0n) is 14.5. The molecule has 2 aromatic carbocycles. The Morgan fingerprint density at radius 2 is 1.96 bits per heavy atom. The SMILES string of the molecule is N#Cc1c(N=Nc2sc(NCCBr)cc2-c2ccccc2)cccc1[N+](=O)[O-]. The molecule has 0 unspecified atom stereocenters. The topological polar surface area (TPSA) is 104 Å². The fourth-order valence-corrected chi connectivity index (χ4v) is 3.64. The minimum atomic E-state index is -0.597. The Kier molecular flexibility index (Phi) is 6.47. The van der Waals surface area contributed by atoms with E-state index in [2.05, 4.69) is 31.5 Å². The molecule has 0 bridgehead atoms. The summed E-state index contributed by atoms with van der Waals surface area (Å²) in [5, 5.41) is 34.6. The highest BCUT2D eigenvalue weighted by molar-refractivity contribution is 9.09. The van der Waals surface area contributed by atoms with Crippen molar-refractivity contribution in [3.8, 4) is 17.2 Å². The average Bonchev–Trinajstić information content (AvgIpc) is 3.14. The zero-order chi connectivity index (χ0) is 19.9. The molecule has 1 aromatic heterocycles. The lowest BCUT2D eigenvalue weighted by molar-refractivity contribution is -0.385. The van der Waals surface area contributed by atoms with E-state index in [0.717, 1.165) is 28.0 Å². The number of halogens is 1. The van der Waals surface area contributed by atoms with Gasteiger partial charge in [0.1, 0.15) is 16.8 Å². The van der Waals surface area contributed by atoms with E-state index in [1.54, 1.807) is 0 Å². The fourth-order valence-electron chi connectivity index (χ4n) is 2.52. The fraction of sp³-hybridized carbons (Fsp3) is 0.105. The predicted octanol–water partition coefficient (Wildman–Crippen LogP) is 6.42. The first-order valence-electron chi connectivity index (χ1n) is 8.22. The van der Waals surface area contributed by atoms with Crippen LogP contribution in [0.2, 0.25) is 0 Å². The summed E-state index contributed by atoms with van der Waals surface area (Å²) >= 11 is 4.82. The second-order valence-corrected chi connectivity index (χ2v) is 7.38. The number of nitriles is 1. The third-order valence-electron chi connectivity index (χ3n) is 3.77. The number of hydrogen-bond acceptors (Lipinski definition) is 7. The molecule has 3 rings (SSSR count). The molecule has 0 aliphatic rings. The second-order valence-electron chi connectivity index (χ2n) is 5.55. The van der Waals surface area contributed by atoms with Crippen LogP contribution in [0.4, 0.5) is 21.4 Å². The van der Waals surface area contributed by atoms with Crippen LogP contribution in [-0.4, -0.2) is 16.8 Å². The number of nitrogens with zero attached hydrogens (tertiary/aromatic N) is 4. The number of rotatable bonds is 7. The monoisotopic (exact) mass is 455 g/mol. The summed E-state index contributed by atoms with van der Waals surface area (Å²) in [5.41, 5.74) is 1.66. The number of nitrogens with one attached hydrogen (secondary N) is 1. The van der Waals surface area contributed by atoms with Gasteiger partial charge in [0.05, 0.1) is 9.92 Å². The normalized spacial score (nSPS) is 10.7. The highest BCUT2D eigenvalue weighted by atomic mass is 79.9. The maximum Gasteiger partial charge on any atom is 0.289 e. The van der Waals surface area contributed by atoms with E-state index in [0.29, 0.717) is 5.00 Å². The van der Waals surface area contributed by atoms with E-state index < -0.39 is 4.92 Å². The summed E-state index contributed by atoms with van der Waals surface area (Å²) in [6.07, 6.45) is 0. The molecule has 3 aromatic rings. The molecule has 0 spiro atoms. The molecule has 0 atom stereocenters. The lowest BCUT2D eigenvalue weighted by Crippen LogP contribution is -1.99. The molecule has 0 fully saturated rings. The minimum absolute atomic E-state index is 0.105. The third-order valence-corrected chi connectivity index (χ3v) is 5.14. The van der Waals surface area contributed by atoms with Gasteiger partial charge in [0, 0.05) is 23.5 Å². The van der Waals surface area contributed by atoms with Crippen molar-refractivity contribution in [3.63, 3.8) is 0 Å². The summed E-state index contributed by atoms with van der Waals surface area (Å²) in [5.74, 6) is 0. The molecule has 7 nitrogen and oxygen atoms in total. The van der Waals surface area contributed by atoms with Crippen molar-refractivity contribution < 1.29 is 4.92 Å². The lowest BCUT2D eigenvalue weighted by atomic mass is 10.1. The van der Waals surface area contributed by atoms with Gasteiger partial charge in [-0.1, -0.05) is 63.7 Å². The number of nitro benzene ring substituents is 1. The summed E-state index contributed by atoms with van der Waals surface area (Å²) < 4.78 is 0. The van der Waals surface area contributed by atoms with Crippen LogP contribution in [0.25, 0.3) is 11.1 Å². The number of thiophene rings is 1. The van der Waals surface area contributed by atoms with E-state index in [1.807, 2.05) is 42.5 Å². The van der Waals surface area contributed by atoms with Crippen LogP contribution >= 0.6 is 27.3 Å². The van der Waals surface area contributed by atoms with Crippen LogP contribution in [0.3, 0.4) is 0 Å². The van der Waals surface area contributed by atoms with Crippen molar-refractivity contribution in [1.82, 2.24) is 0 Å². The van der Waals surface area contributed by atoms with E-state index in [4.69, 9.17) is 0 Å². The Morgan fingerprint density at radius 1 is 1.18 bits per heavy atom. The Morgan fingerprint density at radius 3 is 2.64 bits per heavy atom. The Hall–Kier alpha value is -3.09. The molecule has 0 aliphatic carbocycles. The molecule has 0 amide bonds. The summed E-state index contributed by atoms with van der Waals surface area (Å²) in [6, 6.07) is 17.9. The van der Waals surface area contributed by atoms with Gasteiger partial charge in [0.25, 0.3) is 5.69 Å². The van der Waals surface area contributed by atoms with Gasteiger partial charge in [-0.15, -0.1) is 10.2 Å². The largest absolute Gasteiger partial charge is 0.376 e. The summed E-state index contributed by atoms with van der Waals surface area (Å²) in [4.78, 5) is 10.5. The molecule has 28 heavy (non-hydrogen) atoms. The van der Waals surface area contributed by atoms with Gasteiger partial charge in [-0.2, -0.15) is 5.26 Å². The highest BCUT2D eigenvalue weighted by Crippen LogP contribution is 2.42. The standard InChI is InChI=1S/C19H14BrN5O2S/c20-9-10-22-18-11-14(13-5-2-1-3-6-13)19(28-18)24-23-16-7-4-8-17(25(26)27)15(16)12-21/h1-8,11,22H,9-10H2. The summed E-state index contributed by atoms with van der Waals surface area (Å²) in [6.45, 7) is 0.759. The maximum absolute atomic E-state index is 11.1. The van der Waals surface area contributed by atoms with Crippen molar-refractivity contribution in [3.05, 3.63) is 70.3 Å². The first-order chi connectivity index (χ1) is 13.6. The highest BCUT2D eigenvalue weighted by Gasteiger charge is 2.17. The van der Waals surface area contributed by atoms with Crippen LogP contribution in [-0.2, 0) is 0 Å². The zero-order valence-corrected chi connectivity index (χ0v) is 16.9. The first-order valence-corrected chi connectivity index (χ1v) is 10.2. The molecule has 1 heterocycles. The molecule has 9 heteroatoms. The van der Waals surface area contributed by atoms with Gasteiger partial charge in [-0.3, -0.25) is 10.1 Å². The number of hydrogen-bond donors (Lipinski definition) is 1. The van der Waals surface area contributed by atoms with Crippen molar-refractivity contribution in [1.29, 1.82) is 5.26 Å². The average molecular weight is 456 g/mol. The van der Waals surface area contributed by atoms with Crippen molar-refractivity contribution in [2.75, 3.05) is 17.2 Å². The van der Waals surface area contributed by atoms with E-state index in [9.17, 15) is 15.4 Å². The molecule has 0 radical (unpaired) electrons. The molecular formula is C19H14BrN5O2S. The number of anilines is 1. The van der Waals surface area contributed by atoms with Gasteiger partial charge < -0.3 is 5.32 Å². The summed E-state index contributed by atoms with van der Waals surface area (Å²) in [7, 11) is 0. The van der Waals surface area contributed by atoms with Crippen molar-refractivity contribution in [2.45, 2.75) is 0 Å².